The second-order valence-electron chi connectivity index (χ2n) is 5.80. The van der Waals surface area contributed by atoms with Gasteiger partial charge in [-0.25, -0.2) is 0 Å². The van der Waals surface area contributed by atoms with Crippen LogP contribution in [0.5, 0.6) is 0 Å². The number of carbonyl (C=O) groups excluding carboxylic acids is 1. The highest BCUT2D eigenvalue weighted by Gasteiger charge is 2.16. The van der Waals surface area contributed by atoms with Gasteiger partial charge in [0.2, 0.25) is 0 Å². The molecular formula is C20H17Cl3N2OS. The number of rotatable bonds is 4. The Kier molecular flexibility index (Phi) is 6.43. The molecule has 1 heterocycles. The normalized spacial score (nSPS) is 11.8. The van der Waals surface area contributed by atoms with Crippen molar-refractivity contribution in [1.82, 2.24) is 4.57 Å². The molecule has 3 rings (SSSR count). The Morgan fingerprint density at radius 1 is 1.04 bits per heavy atom. The number of benzene rings is 2. The van der Waals surface area contributed by atoms with Crippen molar-refractivity contribution in [3.63, 3.8) is 0 Å². The highest BCUT2D eigenvalue weighted by molar-refractivity contribution is 7.09. The van der Waals surface area contributed by atoms with E-state index >= 15 is 0 Å². The molecule has 0 spiro atoms. The van der Waals surface area contributed by atoms with Crippen LogP contribution >= 0.6 is 46.1 Å². The smallest absolute Gasteiger partial charge is 0.281 e. The monoisotopic (exact) mass is 438 g/mol. The lowest BCUT2D eigenvalue weighted by molar-refractivity contribution is 0.0998. The summed E-state index contributed by atoms with van der Waals surface area (Å²) < 4.78 is 2.05. The van der Waals surface area contributed by atoms with Gasteiger partial charge in [-0.2, -0.15) is 4.99 Å². The Balaban J connectivity index is 2.14. The summed E-state index contributed by atoms with van der Waals surface area (Å²) in [4.78, 5) is 18.8. The van der Waals surface area contributed by atoms with Crippen molar-refractivity contribution in [2.24, 2.45) is 4.99 Å². The van der Waals surface area contributed by atoms with Gasteiger partial charge in [-0.05, 0) is 49.2 Å². The van der Waals surface area contributed by atoms with Gasteiger partial charge in [-0.1, -0.05) is 53.9 Å². The fourth-order valence-corrected chi connectivity index (χ4v) is 4.57. The summed E-state index contributed by atoms with van der Waals surface area (Å²) in [5, 5.41) is 1.46. The van der Waals surface area contributed by atoms with Crippen molar-refractivity contribution in [3.8, 4) is 11.3 Å². The first-order chi connectivity index (χ1) is 12.9. The topological polar surface area (TPSA) is 34.4 Å². The number of carbonyl (C=O) groups is 1. The Morgan fingerprint density at radius 2 is 1.70 bits per heavy atom. The standard InChI is InChI=1S/C20H17Cl3N2OS/c1-3-17-18(12-5-7-13(21)8-6-12)25(4-2)20(27-17)24-19(26)15-10-9-14(22)11-16(15)23/h5-11H,3-4H2,1-2H3. The maximum absolute atomic E-state index is 12.7. The Hall–Kier alpha value is -1.59. The molecule has 1 amide bonds. The van der Waals surface area contributed by atoms with E-state index in [2.05, 4.69) is 16.5 Å². The van der Waals surface area contributed by atoms with E-state index in [1.165, 1.54) is 11.3 Å². The molecule has 3 nitrogen and oxygen atoms in total. The van der Waals surface area contributed by atoms with E-state index in [9.17, 15) is 4.79 Å². The third-order valence-corrected chi connectivity index (χ3v) is 6.12. The number of thiazole rings is 1. The van der Waals surface area contributed by atoms with Crippen LogP contribution in [0.25, 0.3) is 11.3 Å². The summed E-state index contributed by atoms with van der Waals surface area (Å²) in [6, 6.07) is 12.5. The lowest BCUT2D eigenvalue weighted by Gasteiger charge is -2.08. The molecule has 140 valence electrons. The van der Waals surface area contributed by atoms with E-state index in [1.807, 2.05) is 31.2 Å². The van der Waals surface area contributed by atoms with Crippen LogP contribution < -0.4 is 4.80 Å². The average Bonchev–Trinajstić information content (AvgIpc) is 2.99. The summed E-state index contributed by atoms with van der Waals surface area (Å²) in [7, 11) is 0. The summed E-state index contributed by atoms with van der Waals surface area (Å²) in [6.45, 7) is 4.81. The molecule has 0 bridgehead atoms. The number of hydrogen-bond acceptors (Lipinski definition) is 2. The van der Waals surface area contributed by atoms with Crippen molar-refractivity contribution in [3.05, 3.63) is 72.8 Å². The first-order valence-corrected chi connectivity index (χ1v) is 10.4. The summed E-state index contributed by atoms with van der Waals surface area (Å²) in [5.41, 5.74) is 2.45. The first kappa shape index (κ1) is 20.2. The summed E-state index contributed by atoms with van der Waals surface area (Å²) >= 11 is 19.6. The van der Waals surface area contributed by atoms with Gasteiger partial charge in [0, 0.05) is 21.5 Å². The minimum absolute atomic E-state index is 0.296. The van der Waals surface area contributed by atoms with Gasteiger partial charge in [0.05, 0.1) is 16.3 Å². The van der Waals surface area contributed by atoms with Crippen LogP contribution in [-0.4, -0.2) is 10.5 Å². The molecule has 0 atom stereocenters. The molecule has 0 saturated carbocycles. The lowest BCUT2D eigenvalue weighted by atomic mass is 10.1. The number of nitrogens with zero attached hydrogens (tertiary/aromatic N) is 2. The van der Waals surface area contributed by atoms with E-state index in [0.29, 0.717) is 32.0 Å². The van der Waals surface area contributed by atoms with Crippen molar-refractivity contribution < 1.29 is 4.79 Å². The van der Waals surface area contributed by atoms with Gasteiger partial charge in [0.15, 0.2) is 4.80 Å². The minimum atomic E-state index is -0.384. The van der Waals surface area contributed by atoms with Crippen LogP contribution in [0.2, 0.25) is 15.1 Å². The maximum Gasteiger partial charge on any atom is 0.281 e. The Labute approximate surface area is 176 Å². The summed E-state index contributed by atoms with van der Waals surface area (Å²) in [6.07, 6.45) is 0.841. The molecule has 3 aromatic rings. The second kappa shape index (κ2) is 8.61. The lowest BCUT2D eigenvalue weighted by Crippen LogP contribution is -2.17. The Morgan fingerprint density at radius 3 is 2.30 bits per heavy atom. The van der Waals surface area contributed by atoms with Crippen LogP contribution in [0.3, 0.4) is 0 Å². The van der Waals surface area contributed by atoms with Crippen LogP contribution in [0.1, 0.15) is 29.1 Å². The predicted octanol–water partition coefficient (Wildman–Crippen LogP) is 6.50. The zero-order valence-electron chi connectivity index (χ0n) is 14.8. The molecule has 0 fully saturated rings. The molecule has 0 saturated heterocycles. The van der Waals surface area contributed by atoms with Gasteiger partial charge in [-0.3, -0.25) is 4.79 Å². The van der Waals surface area contributed by atoms with E-state index in [-0.39, 0.29) is 5.91 Å². The third kappa shape index (κ3) is 4.30. The van der Waals surface area contributed by atoms with E-state index < -0.39 is 0 Å². The van der Waals surface area contributed by atoms with E-state index in [0.717, 1.165) is 22.6 Å². The first-order valence-electron chi connectivity index (χ1n) is 8.47. The molecule has 0 radical (unpaired) electrons. The summed E-state index contributed by atoms with van der Waals surface area (Å²) in [5.74, 6) is -0.384. The number of aryl methyl sites for hydroxylation is 1. The Bertz CT molecular complexity index is 1050. The van der Waals surface area contributed by atoms with Crippen molar-refractivity contribution in [2.75, 3.05) is 0 Å². The second-order valence-corrected chi connectivity index (χ2v) is 8.14. The molecular weight excluding hydrogens is 423 g/mol. The van der Waals surface area contributed by atoms with Crippen LogP contribution in [0.4, 0.5) is 0 Å². The average molecular weight is 440 g/mol. The predicted molar refractivity (Wildman–Crippen MR) is 114 cm³/mol. The molecule has 7 heteroatoms. The molecule has 0 aliphatic carbocycles. The van der Waals surface area contributed by atoms with Crippen molar-refractivity contribution >= 4 is 52.0 Å². The third-order valence-electron chi connectivity index (χ3n) is 4.09. The zero-order chi connectivity index (χ0) is 19.6. The van der Waals surface area contributed by atoms with Crippen LogP contribution in [0.15, 0.2) is 47.5 Å². The minimum Gasteiger partial charge on any atom is -0.316 e. The molecule has 1 aromatic heterocycles. The number of amides is 1. The highest BCUT2D eigenvalue weighted by Crippen LogP contribution is 2.28. The number of aromatic nitrogens is 1. The molecule has 0 aliphatic rings. The fraction of sp³-hybridized carbons (Fsp3) is 0.200. The van der Waals surface area contributed by atoms with Crippen LogP contribution in [0, 0.1) is 0 Å². The van der Waals surface area contributed by atoms with Gasteiger partial charge < -0.3 is 4.57 Å². The number of hydrogen-bond donors (Lipinski definition) is 0. The molecule has 2 aromatic carbocycles. The van der Waals surface area contributed by atoms with Crippen LogP contribution in [-0.2, 0) is 13.0 Å². The molecule has 0 N–H and O–H groups in total. The van der Waals surface area contributed by atoms with Crippen molar-refractivity contribution in [2.45, 2.75) is 26.8 Å². The molecule has 0 aliphatic heterocycles. The highest BCUT2D eigenvalue weighted by atomic mass is 35.5. The zero-order valence-corrected chi connectivity index (χ0v) is 17.9. The van der Waals surface area contributed by atoms with Gasteiger partial charge >= 0.3 is 0 Å². The SMILES string of the molecule is CCc1sc(=NC(=O)c2ccc(Cl)cc2Cl)n(CC)c1-c1ccc(Cl)cc1. The van der Waals surface area contributed by atoms with E-state index in [4.69, 9.17) is 34.8 Å². The van der Waals surface area contributed by atoms with Gasteiger partial charge in [-0.15, -0.1) is 11.3 Å². The quantitative estimate of drug-likeness (QED) is 0.457. The number of halogens is 3. The van der Waals surface area contributed by atoms with Gasteiger partial charge in [0.1, 0.15) is 0 Å². The molecule has 0 unspecified atom stereocenters. The largest absolute Gasteiger partial charge is 0.316 e. The van der Waals surface area contributed by atoms with Crippen molar-refractivity contribution in [1.29, 1.82) is 0 Å². The fourth-order valence-electron chi connectivity index (χ4n) is 2.81. The molecule has 27 heavy (non-hydrogen) atoms. The van der Waals surface area contributed by atoms with Gasteiger partial charge in [0.25, 0.3) is 5.91 Å². The maximum atomic E-state index is 12.7. The van der Waals surface area contributed by atoms with E-state index in [1.54, 1.807) is 18.2 Å².